The summed E-state index contributed by atoms with van der Waals surface area (Å²) < 4.78 is 5.66. The normalized spacial score (nSPS) is 11.1. The fourth-order valence-electron chi connectivity index (χ4n) is 1.53. The molecule has 0 radical (unpaired) electrons. The minimum absolute atomic E-state index is 0.349. The SMILES string of the molecule is COC(=O)[C@H](CC(C)C)NC=O.Cc1cccc(Br)c1. The monoisotopic (exact) mass is 343 g/mol. The van der Waals surface area contributed by atoms with Crippen LogP contribution in [0.25, 0.3) is 0 Å². The Morgan fingerprint density at radius 1 is 1.45 bits per heavy atom. The van der Waals surface area contributed by atoms with Gasteiger partial charge in [-0.3, -0.25) is 4.79 Å². The minimum Gasteiger partial charge on any atom is -0.467 e. The summed E-state index contributed by atoms with van der Waals surface area (Å²) in [4.78, 5) is 21.1. The predicted molar refractivity (Wildman–Crippen MR) is 83.3 cm³/mol. The summed E-state index contributed by atoms with van der Waals surface area (Å²) in [6, 6.07) is 7.70. The summed E-state index contributed by atoms with van der Waals surface area (Å²) in [7, 11) is 1.31. The maximum atomic E-state index is 11.0. The fourth-order valence-corrected chi connectivity index (χ4v) is 2.05. The number of carbonyl (C=O) groups excluding carboxylic acids is 2. The number of esters is 1. The van der Waals surface area contributed by atoms with Gasteiger partial charge in [-0.15, -0.1) is 0 Å². The van der Waals surface area contributed by atoms with Crippen molar-refractivity contribution in [2.75, 3.05) is 7.11 Å². The minimum atomic E-state index is -0.507. The first kappa shape index (κ1) is 18.6. The second-order valence-electron chi connectivity index (χ2n) is 4.79. The highest BCUT2D eigenvalue weighted by molar-refractivity contribution is 9.10. The van der Waals surface area contributed by atoms with E-state index in [4.69, 9.17) is 0 Å². The molecule has 0 bridgehead atoms. The highest BCUT2D eigenvalue weighted by Crippen LogP contribution is 2.09. The second-order valence-corrected chi connectivity index (χ2v) is 5.70. The molecule has 1 rings (SSSR count). The van der Waals surface area contributed by atoms with Crippen LogP contribution in [-0.4, -0.2) is 25.5 Å². The van der Waals surface area contributed by atoms with Crippen molar-refractivity contribution in [2.24, 2.45) is 5.92 Å². The zero-order valence-electron chi connectivity index (χ0n) is 12.4. The molecule has 0 aromatic heterocycles. The van der Waals surface area contributed by atoms with Gasteiger partial charge in [0.25, 0.3) is 0 Å². The maximum absolute atomic E-state index is 11.0. The average Bonchev–Trinajstić information content (AvgIpc) is 2.37. The van der Waals surface area contributed by atoms with Gasteiger partial charge < -0.3 is 10.1 Å². The molecule has 0 saturated heterocycles. The lowest BCUT2D eigenvalue weighted by atomic mass is 10.0. The third-order valence-corrected chi connectivity index (χ3v) is 2.94. The van der Waals surface area contributed by atoms with E-state index in [2.05, 4.69) is 45.0 Å². The summed E-state index contributed by atoms with van der Waals surface area (Å²) in [5, 5.41) is 2.41. The van der Waals surface area contributed by atoms with E-state index < -0.39 is 12.0 Å². The first-order valence-corrected chi connectivity index (χ1v) is 7.19. The van der Waals surface area contributed by atoms with Crippen molar-refractivity contribution >= 4 is 28.3 Å². The van der Waals surface area contributed by atoms with Crippen LogP contribution >= 0.6 is 15.9 Å². The Bertz CT molecular complexity index is 404. The Morgan fingerprint density at radius 2 is 2.10 bits per heavy atom. The number of carbonyl (C=O) groups is 2. The van der Waals surface area contributed by atoms with Gasteiger partial charge in [0.05, 0.1) is 7.11 Å². The van der Waals surface area contributed by atoms with Crippen molar-refractivity contribution in [2.45, 2.75) is 33.2 Å². The van der Waals surface area contributed by atoms with Gasteiger partial charge >= 0.3 is 5.97 Å². The number of amides is 1. The predicted octanol–water partition coefficient (Wildman–Crippen LogP) is 3.08. The van der Waals surface area contributed by atoms with Crippen LogP contribution in [0.5, 0.6) is 0 Å². The fraction of sp³-hybridized carbons (Fsp3) is 0.467. The number of hydrogen-bond acceptors (Lipinski definition) is 3. The van der Waals surface area contributed by atoms with E-state index in [1.165, 1.54) is 12.7 Å². The van der Waals surface area contributed by atoms with Gasteiger partial charge in [0.15, 0.2) is 0 Å². The first-order valence-electron chi connectivity index (χ1n) is 6.40. The maximum Gasteiger partial charge on any atom is 0.328 e. The molecule has 4 nitrogen and oxygen atoms in total. The van der Waals surface area contributed by atoms with Gasteiger partial charge in [0, 0.05) is 4.47 Å². The van der Waals surface area contributed by atoms with Crippen molar-refractivity contribution in [1.82, 2.24) is 5.32 Å². The van der Waals surface area contributed by atoms with Crippen LogP contribution in [0.15, 0.2) is 28.7 Å². The third kappa shape index (κ3) is 8.69. The van der Waals surface area contributed by atoms with E-state index in [1.807, 2.05) is 26.0 Å². The molecule has 0 aliphatic rings. The van der Waals surface area contributed by atoms with Gasteiger partial charge in [0.1, 0.15) is 6.04 Å². The Morgan fingerprint density at radius 3 is 2.45 bits per heavy atom. The summed E-state index contributed by atoms with van der Waals surface area (Å²) in [6.07, 6.45) is 1.12. The number of ether oxygens (including phenoxy) is 1. The molecular weight excluding hydrogens is 322 g/mol. The van der Waals surface area contributed by atoms with Gasteiger partial charge in [0.2, 0.25) is 6.41 Å². The van der Waals surface area contributed by atoms with E-state index in [9.17, 15) is 9.59 Å². The molecule has 5 heteroatoms. The van der Waals surface area contributed by atoms with Crippen LogP contribution in [0.2, 0.25) is 0 Å². The quantitative estimate of drug-likeness (QED) is 0.660. The smallest absolute Gasteiger partial charge is 0.328 e. The topological polar surface area (TPSA) is 55.4 Å². The Kier molecular flexibility index (Phi) is 9.72. The molecule has 0 aliphatic carbocycles. The molecule has 0 heterocycles. The van der Waals surface area contributed by atoms with E-state index >= 15 is 0 Å². The molecule has 1 amide bonds. The van der Waals surface area contributed by atoms with E-state index in [-0.39, 0.29) is 0 Å². The number of hydrogen-bond donors (Lipinski definition) is 1. The highest BCUT2D eigenvalue weighted by atomic mass is 79.9. The Hall–Kier alpha value is -1.36. The number of methoxy groups -OCH3 is 1. The largest absolute Gasteiger partial charge is 0.467 e. The summed E-state index contributed by atoms with van der Waals surface area (Å²) in [5.41, 5.74) is 1.29. The van der Waals surface area contributed by atoms with Crippen molar-refractivity contribution < 1.29 is 14.3 Å². The molecule has 0 aliphatic heterocycles. The second kappa shape index (κ2) is 10.4. The van der Waals surface area contributed by atoms with Crippen LogP contribution in [0, 0.1) is 12.8 Å². The molecule has 1 aromatic carbocycles. The van der Waals surface area contributed by atoms with E-state index in [0.29, 0.717) is 18.7 Å². The molecule has 20 heavy (non-hydrogen) atoms. The Labute approximate surface area is 129 Å². The van der Waals surface area contributed by atoms with E-state index in [1.54, 1.807) is 0 Å². The molecule has 0 spiro atoms. The number of aryl methyl sites for hydroxylation is 1. The number of nitrogens with one attached hydrogen (secondary N) is 1. The van der Waals surface area contributed by atoms with Crippen molar-refractivity contribution in [3.05, 3.63) is 34.3 Å². The highest BCUT2D eigenvalue weighted by Gasteiger charge is 2.18. The van der Waals surface area contributed by atoms with Crippen LogP contribution in [0.1, 0.15) is 25.8 Å². The summed E-state index contributed by atoms with van der Waals surface area (Å²) in [6.45, 7) is 6.02. The standard InChI is InChI=1S/C8H15NO3.C7H7Br/c1-6(2)4-7(9-5-10)8(11)12-3;1-6-3-2-4-7(8)5-6/h5-7H,4H2,1-3H3,(H,9,10);2-5H,1H3/t7-;/m0./s1. The van der Waals surface area contributed by atoms with Crippen molar-refractivity contribution in [3.63, 3.8) is 0 Å². The van der Waals surface area contributed by atoms with Gasteiger partial charge in [-0.1, -0.05) is 47.5 Å². The summed E-state index contributed by atoms with van der Waals surface area (Å²) >= 11 is 3.36. The lowest BCUT2D eigenvalue weighted by Gasteiger charge is -2.14. The van der Waals surface area contributed by atoms with Crippen LogP contribution in [-0.2, 0) is 14.3 Å². The zero-order chi connectivity index (χ0) is 15.5. The molecule has 1 N–H and O–H groups in total. The van der Waals surface area contributed by atoms with Crippen LogP contribution < -0.4 is 5.32 Å². The van der Waals surface area contributed by atoms with Gasteiger partial charge in [-0.2, -0.15) is 0 Å². The summed E-state index contributed by atoms with van der Waals surface area (Å²) in [5.74, 6) is -0.0441. The Balaban J connectivity index is 0.000000388. The van der Waals surface area contributed by atoms with Crippen molar-refractivity contribution in [3.8, 4) is 0 Å². The molecule has 112 valence electrons. The van der Waals surface area contributed by atoms with Gasteiger partial charge in [-0.05, 0) is 31.4 Å². The molecular formula is C15H22BrNO3. The van der Waals surface area contributed by atoms with Crippen LogP contribution in [0.4, 0.5) is 0 Å². The van der Waals surface area contributed by atoms with Crippen molar-refractivity contribution in [1.29, 1.82) is 0 Å². The molecule has 0 unspecified atom stereocenters. The van der Waals surface area contributed by atoms with Crippen LogP contribution in [0.3, 0.4) is 0 Å². The van der Waals surface area contributed by atoms with Gasteiger partial charge in [-0.25, -0.2) is 4.79 Å². The number of benzene rings is 1. The lowest BCUT2D eigenvalue weighted by Crippen LogP contribution is -2.37. The number of halogens is 1. The van der Waals surface area contributed by atoms with E-state index in [0.717, 1.165) is 4.47 Å². The molecule has 0 saturated carbocycles. The molecule has 0 fully saturated rings. The molecule has 1 atom stereocenters. The third-order valence-electron chi connectivity index (χ3n) is 2.44. The first-order chi connectivity index (χ1) is 9.40. The number of rotatable bonds is 5. The molecule has 1 aromatic rings. The average molecular weight is 344 g/mol. The lowest BCUT2D eigenvalue weighted by molar-refractivity contribution is -0.144. The zero-order valence-corrected chi connectivity index (χ0v) is 13.9.